The third kappa shape index (κ3) is 3.51. The summed E-state index contributed by atoms with van der Waals surface area (Å²) in [6.07, 6.45) is 0. The minimum atomic E-state index is -4.91. The highest BCUT2D eigenvalue weighted by atomic mass is 32.3. The van der Waals surface area contributed by atoms with Crippen molar-refractivity contribution in [3.8, 4) is 0 Å². The van der Waals surface area contributed by atoms with Crippen LogP contribution in [0.15, 0.2) is 47.9 Å². The molecule has 13 heteroatoms. The second kappa shape index (κ2) is 6.79. The Morgan fingerprint density at radius 3 is 0.840 bits per heavy atom. The maximum Gasteiger partial charge on any atom is 0.277 e. The molecule has 9 nitrogen and oxygen atoms in total. The summed E-state index contributed by atoms with van der Waals surface area (Å²) in [5, 5.41) is 0.760. The zero-order valence-corrected chi connectivity index (χ0v) is 16.7. The topological polar surface area (TPSA) is 146 Å². The van der Waals surface area contributed by atoms with Gasteiger partial charge in [-0.05, 0) is 13.8 Å². The minimum absolute atomic E-state index is 0.190. The Morgan fingerprint density at radius 1 is 0.560 bits per heavy atom. The molecule has 144 valence electrons. The van der Waals surface area contributed by atoms with E-state index in [9.17, 15) is 33.7 Å². The van der Waals surface area contributed by atoms with Crippen LogP contribution in [0, 0.1) is 0 Å². The van der Waals surface area contributed by atoms with Gasteiger partial charge in [0.05, 0.1) is 0 Å². The zero-order chi connectivity index (χ0) is 20.5. The number of rotatable bonds is 10. The molecular weight excluding hydrogens is 416 g/mol. The van der Waals surface area contributed by atoms with E-state index < -0.39 is 47.9 Å². The van der Waals surface area contributed by atoms with E-state index in [2.05, 4.69) is 26.3 Å². The van der Waals surface area contributed by atoms with E-state index in [1.54, 1.807) is 0 Å². The second-order valence-electron chi connectivity index (χ2n) is 4.67. The molecule has 0 N–H and O–H groups in total. The number of hydrogen-bond donors (Lipinski definition) is 0. The summed E-state index contributed by atoms with van der Waals surface area (Å²) in [4.78, 5) is 0. The van der Waals surface area contributed by atoms with Crippen LogP contribution in [0.2, 0.25) is 0 Å². The Bertz CT molecular complexity index is 850. The first kappa shape index (κ1) is 23.7. The van der Waals surface area contributed by atoms with Gasteiger partial charge in [-0.1, -0.05) is 26.3 Å². The Morgan fingerprint density at radius 2 is 0.720 bits per heavy atom. The average Bonchev–Trinajstić information content (AvgIpc) is 2.53. The summed E-state index contributed by atoms with van der Waals surface area (Å²) in [5.74, 6) is 0. The monoisotopic (exact) mass is 434 g/mol. The van der Waals surface area contributed by atoms with E-state index >= 15 is 0 Å². The molecule has 0 aromatic carbocycles. The van der Waals surface area contributed by atoms with Gasteiger partial charge in [-0.15, -0.1) is 0 Å². The first-order valence-electron chi connectivity index (χ1n) is 6.13. The minimum Gasteiger partial charge on any atom is -0.309 e. The molecule has 0 saturated carbocycles. The molecule has 0 aliphatic heterocycles. The highest BCUT2D eigenvalue weighted by Gasteiger charge is 2.61. The Labute approximate surface area is 148 Å². The third-order valence-electron chi connectivity index (χ3n) is 3.32. The van der Waals surface area contributed by atoms with Gasteiger partial charge in [0.1, 0.15) is 0 Å². The highest BCUT2D eigenvalue weighted by molar-refractivity contribution is 8.14. The van der Waals surface area contributed by atoms with Crippen LogP contribution in [0.5, 0.6) is 0 Å². The number of hydrogen-bond acceptors (Lipinski definition) is 9. The first-order chi connectivity index (χ1) is 10.9. The van der Waals surface area contributed by atoms with Crippen molar-refractivity contribution in [3.05, 3.63) is 47.9 Å². The van der Waals surface area contributed by atoms with E-state index in [1.165, 1.54) is 0 Å². The standard InChI is InChI=1S/C12H18O9S4/c1-7-22(13,14)11(5,23(15,16)8-2)21-12(6,24(17,18)9-3)25(19,20)10-4/h7-10H,1-4H2,5-6H3. The van der Waals surface area contributed by atoms with Crippen molar-refractivity contribution in [1.29, 1.82) is 0 Å². The maximum atomic E-state index is 12.2. The molecule has 0 fully saturated rings. The van der Waals surface area contributed by atoms with Gasteiger partial charge in [0, 0.05) is 21.6 Å². The van der Waals surface area contributed by atoms with E-state index in [4.69, 9.17) is 4.74 Å². The molecule has 0 radical (unpaired) electrons. The summed E-state index contributed by atoms with van der Waals surface area (Å²) < 4.78 is 95.9. The largest absolute Gasteiger partial charge is 0.309 e. The lowest BCUT2D eigenvalue weighted by Gasteiger charge is -2.35. The van der Waals surface area contributed by atoms with Gasteiger partial charge in [0.15, 0.2) is 0 Å². The van der Waals surface area contributed by atoms with Crippen molar-refractivity contribution < 1.29 is 38.4 Å². The van der Waals surface area contributed by atoms with E-state index in [0.29, 0.717) is 13.8 Å². The molecule has 0 atom stereocenters. The molecule has 0 rings (SSSR count). The second-order valence-corrected chi connectivity index (χ2v) is 14.0. The summed E-state index contributed by atoms with van der Waals surface area (Å²) >= 11 is 0. The lowest BCUT2D eigenvalue weighted by molar-refractivity contribution is 0.0465. The van der Waals surface area contributed by atoms with Crippen molar-refractivity contribution in [3.63, 3.8) is 0 Å². The molecule has 0 aromatic heterocycles. The summed E-state index contributed by atoms with van der Waals surface area (Å²) in [7, 11) is -19.7. The fourth-order valence-electron chi connectivity index (χ4n) is 1.50. The van der Waals surface area contributed by atoms with Crippen molar-refractivity contribution in [2.24, 2.45) is 0 Å². The van der Waals surface area contributed by atoms with Crippen molar-refractivity contribution in [2.75, 3.05) is 0 Å². The predicted molar refractivity (Wildman–Crippen MR) is 94.4 cm³/mol. The van der Waals surface area contributed by atoms with E-state index in [0.717, 1.165) is 0 Å². The zero-order valence-electron chi connectivity index (χ0n) is 13.4. The van der Waals surface area contributed by atoms with Crippen LogP contribution in [0.25, 0.3) is 0 Å². The molecule has 25 heavy (non-hydrogen) atoms. The van der Waals surface area contributed by atoms with Crippen molar-refractivity contribution in [2.45, 2.75) is 22.4 Å². The van der Waals surface area contributed by atoms with Crippen LogP contribution in [-0.4, -0.2) is 42.2 Å². The highest BCUT2D eigenvalue weighted by Crippen LogP contribution is 2.39. The third-order valence-corrected chi connectivity index (χ3v) is 12.3. The van der Waals surface area contributed by atoms with Gasteiger partial charge in [0.25, 0.3) is 8.53 Å². The van der Waals surface area contributed by atoms with Crippen molar-refractivity contribution in [1.82, 2.24) is 0 Å². The number of ether oxygens (including phenoxy) is 1. The fourth-order valence-corrected chi connectivity index (χ4v) is 7.46. The molecule has 0 unspecified atom stereocenters. The molecule has 0 heterocycles. The lowest BCUT2D eigenvalue weighted by Crippen LogP contribution is -2.55. The van der Waals surface area contributed by atoms with Crippen molar-refractivity contribution >= 4 is 39.3 Å². The van der Waals surface area contributed by atoms with E-state index in [-0.39, 0.29) is 21.6 Å². The van der Waals surface area contributed by atoms with Crippen LogP contribution in [-0.2, 0) is 44.1 Å². The van der Waals surface area contributed by atoms with Gasteiger partial charge in [-0.25, -0.2) is 33.7 Å². The normalized spacial score (nSPS) is 14.5. The van der Waals surface area contributed by atoms with Crippen LogP contribution >= 0.6 is 0 Å². The molecule has 0 bridgehead atoms. The van der Waals surface area contributed by atoms with Crippen LogP contribution < -0.4 is 0 Å². The van der Waals surface area contributed by atoms with Gasteiger partial charge >= 0.3 is 0 Å². The first-order valence-corrected chi connectivity index (χ1v) is 12.3. The quantitative estimate of drug-likeness (QED) is 0.482. The number of sulfone groups is 4. The van der Waals surface area contributed by atoms with Gasteiger partial charge in [0.2, 0.25) is 39.3 Å². The fraction of sp³-hybridized carbons (Fsp3) is 0.333. The predicted octanol–water partition coefficient (Wildman–Crippen LogP) is 0.584. The van der Waals surface area contributed by atoms with Gasteiger partial charge < -0.3 is 4.74 Å². The smallest absolute Gasteiger partial charge is 0.277 e. The molecular formula is C12H18O9S4. The maximum absolute atomic E-state index is 12.2. The molecule has 0 aliphatic carbocycles. The van der Waals surface area contributed by atoms with Crippen LogP contribution in [0.3, 0.4) is 0 Å². The molecule has 0 aromatic rings. The van der Waals surface area contributed by atoms with Crippen LogP contribution in [0.1, 0.15) is 13.8 Å². The van der Waals surface area contributed by atoms with Gasteiger partial charge in [-0.2, -0.15) is 0 Å². The lowest BCUT2D eigenvalue weighted by atomic mass is 10.7. The Hall–Kier alpha value is -1.28. The molecule has 0 saturated heterocycles. The Kier molecular flexibility index (Phi) is 6.45. The SMILES string of the molecule is C=CS(=O)(=O)C(C)(OC(C)(S(=O)(=O)C=C)S(=O)(=O)C=C)S(=O)(=O)C=C. The average molecular weight is 435 g/mol. The van der Waals surface area contributed by atoms with Crippen LogP contribution in [0.4, 0.5) is 0 Å². The molecule has 0 spiro atoms. The summed E-state index contributed by atoms with van der Waals surface area (Å²) in [5.41, 5.74) is 0. The van der Waals surface area contributed by atoms with E-state index in [1.807, 2.05) is 0 Å². The summed E-state index contributed by atoms with van der Waals surface area (Å²) in [6.45, 7) is 12.7. The van der Waals surface area contributed by atoms with Gasteiger partial charge in [-0.3, -0.25) is 0 Å². The summed E-state index contributed by atoms with van der Waals surface area (Å²) in [6, 6.07) is 0. The Balaban J connectivity index is 7.28. The molecule has 0 amide bonds. The molecule has 0 aliphatic rings.